The van der Waals surface area contributed by atoms with Crippen LogP contribution in [0.2, 0.25) is 16.6 Å². The highest BCUT2D eigenvalue weighted by atomic mass is 28.4. The molecule has 1 aromatic carbocycles. The summed E-state index contributed by atoms with van der Waals surface area (Å²) < 4.78 is 12.1. The van der Waals surface area contributed by atoms with Gasteiger partial charge in [-0.1, -0.05) is 41.5 Å². The summed E-state index contributed by atoms with van der Waals surface area (Å²) >= 11 is 0. The van der Waals surface area contributed by atoms with Crippen molar-refractivity contribution in [3.8, 4) is 11.6 Å². The van der Waals surface area contributed by atoms with Gasteiger partial charge in [-0.25, -0.2) is 4.98 Å². The van der Waals surface area contributed by atoms with Gasteiger partial charge in [0, 0.05) is 36.5 Å². The van der Waals surface area contributed by atoms with Gasteiger partial charge in [0.1, 0.15) is 5.75 Å². The summed E-state index contributed by atoms with van der Waals surface area (Å²) in [5, 5.41) is 11.2. The standard InChI is InChI=1S/C30H46N2O4Si/c1-20(2)37(21(3)4,22(5)6)36-28-17-23(7)26(16-24(28)8)27(33)19-32-14-12-30(34,13-15-32)25-10-11-29(35-9)31-18-25/h10-11,16-18,20-22,34H,12-15,19H2,1-9H3. The van der Waals surface area contributed by atoms with Crippen LogP contribution in [0.1, 0.15) is 81.4 Å². The van der Waals surface area contributed by atoms with Gasteiger partial charge in [0.15, 0.2) is 5.78 Å². The van der Waals surface area contributed by atoms with Crippen LogP contribution in [-0.4, -0.2) is 55.8 Å². The number of carbonyl (C=O) groups is 1. The van der Waals surface area contributed by atoms with Crippen molar-refractivity contribution < 1.29 is 19.1 Å². The Labute approximate surface area is 224 Å². The molecule has 0 radical (unpaired) electrons. The van der Waals surface area contributed by atoms with E-state index >= 15 is 0 Å². The molecule has 1 aliphatic heterocycles. The second-order valence-electron chi connectivity index (χ2n) is 11.7. The number of rotatable bonds is 10. The van der Waals surface area contributed by atoms with Crippen LogP contribution < -0.4 is 9.16 Å². The molecule has 1 aromatic heterocycles. The van der Waals surface area contributed by atoms with Crippen LogP contribution in [0.3, 0.4) is 0 Å². The number of likely N-dealkylation sites (tertiary alicyclic amines) is 1. The molecular formula is C30H46N2O4Si. The Morgan fingerprint density at radius 1 is 1.03 bits per heavy atom. The Morgan fingerprint density at radius 3 is 2.11 bits per heavy atom. The normalized spacial score (nSPS) is 16.5. The lowest BCUT2D eigenvalue weighted by atomic mass is 9.85. The number of benzene rings is 1. The van der Waals surface area contributed by atoms with E-state index in [1.807, 2.05) is 19.1 Å². The first-order valence-corrected chi connectivity index (χ1v) is 15.8. The molecule has 0 bridgehead atoms. The average Bonchev–Trinajstić information content (AvgIpc) is 2.85. The zero-order chi connectivity index (χ0) is 27.5. The SMILES string of the molecule is COc1ccc(C2(O)CCN(CC(=O)c3cc(C)c(O[Si](C(C)C)(C(C)C)C(C)C)cc3C)CC2)cn1. The number of piperidine rings is 1. The molecule has 0 unspecified atom stereocenters. The van der Waals surface area contributed by atoms with Gasteiger partial charge in [0.05, 0.1) is 19.3 Å². The molecule has 1 aliphatic rings. The molecule has 0 atom stereocenters. The van der Waals surface area contributed by atoms with E-state index in [-0.39, 0.29) is 5.78 Å². The predicted molar refractivity (Wildman–Crippen MR) is 152 cm³/mol. The fourth-order valence-corrected chi connectivity index (χ4v) is 11.5. The number of ketones is 1. The number of hydrogen-bond donors (Lipinski definition) is 1. The number of hydrogen-bond acceptors (Lipinski definition) is 6. The van der Waals surface area contributed by atoms with E-state index in [0.29, 0.717) is 55.0 Å². The molecule has 1 fully saturated rings. The van der Waals surface area contributed by atoms with Crippen LogP contribution in [0.15, 0.2) is 30.5 Å². The van der Waals surface area contributed by atoms with Crippen molar-refractivity contribution in [2.75, 3.05) is 26.7 Å². The number of nitrogens with zero attached hydrogens (tertiary/aromatic N) is 2. The van der Waals surface area contributed by atoms with Gasteiger partial charge in [0.25, 0.3) is 8.32 Å². The van der Waals surface area contributed by atoms with Gasteiger partial charge in [-0.2, -0.15) is 0 Å². The first-order chi connectivity index (χ1) is 17.3. The summed E-state index contributed by atoms with van der Waals surface area (Å²) in [6.07, 6.45) is 2.81. The zero-order valence-electron chi connectivity index (χ0n) is 24.2. The summed E-state index contributed by atoms with van der Waals surface area (Å²) in [6.45, 7) is 19.4. The largest absolute Gasteiger partial charge is 0.543 e. The number of aliphatic hydroxyl groups is 1. The van der Waals surface area contributed by atoms with Crippen molar-refractivity contribution in [2.45, 2.75) is 90.5 Å². The molecule has 7 heteroatoms. The number of aryl methyl sites for hydroxylation is 2. The maximum atomic E-state index is 13.3. The zero-order valence-corrected chi connectivity index (χ0v) is 25.2. The molecule has 2 aromatic rings. The maximum absolute atomic E-state index is 13.3. The van der Waals surface area contributed by atoms with Crippen LogP contribution >= 0.6 is 0 Å². The lowest BCUT2D eigenvalue weighted by molar-refractivity contribution is -0.0248. The van der Waals surface area contributed by atoms with Gasteiger partial charge in [0.2, 0.25) is 5.88 Å². The molecule has 6 nitrogen and oxygen atoms in total. The molecule has 0 aliphatic carbocycles. The van der Waals surface area contributed by atoms with Crippen LogP contribution in [0.4, 0.5) is 0 Å². The van der Waals surface area contributed by atoms with Gasteiger partial charge in [-0.3, -0.25) is 9.69 Å². The number of ether oxygens (including phenoxy) is 1. The quantitative estimate of drug-likeness (QED) is 0.284. The number of methoxy groups -OCH3 is 1. The highest BCUT2D eigenvalue weighted by Crippen LogP contribution is 2.43. The number of carbonyl (C=O) groups excluding carboxylic acids is 1. The smallest absolute Gasteiger partial charge is 0.258 e. The highest BCUT2D eigenvalue weighted by molar-refractivity contribution is 6.78. The number of aromatic nitrogens is 1. The lowest BCUT2D eigenvalue weighted by Gasteiger charge is -2.42. The first kappa shape index (κ1) is 29.3. The third-order valence-corrected chi connectivity index (χ3v) is 14.3. The molecule has 0 saturated carbocycles. The fraction of sp³-hybridized carbons (Fsp3) is 0.600. The van der Waals surface area contributed by atoms with Crippen molar-refractivity contribution in [2.24, 2.45) is 0 Å². The lowest BCUT2D eigenvalue weighted by Crippen LogP contribution is -2.50. The Balaban J connectivity index is 1.70. The molecule has 2 heterocycles. The molecule has 0 amide bonds. The van der Waals surface area contributed by atoms with Crippen molar-refractivity contribution in [3.63, 3.8) is 0 Å². The van der Waals surface area contributed by atoms with E-state index in [9.17, 15) is 9.90 Å². The van der Waals surface area contributed by atoms with E-state index in [0.717, 1.165) is 28.0 Å². The Kier molecular flexibility index (Phi) is 9.25. The van der Waals surface area contributed by atoms with Crippen molar-refractivity contribution in [1.29, 1.82) is 0 Å². The molecule has 204 valence electrons. The van der Waals surface area contributed by atoms with Crippen LogP contribution in [0, 0.1) is 13.8 Å². The van der Waals surface area contributed by atoms with E-state index in [1.165, 1.54) is 0 Å². The van der Waals surface area contributed by atoms with E-state index in [2.05, 4.69) is 64.4 Å². The van der Waals surface area contributed by atoms with E-state index < -0.39 is 13.9 Å². The second kappa shape index (κ2) is 11.7. The second-order valence-corrected chi connectivity index (χ2v) is 17.0. The van der Waals surface area contributed by atoms with Crippen LogP contribution in [0.5, 0.6) is 11.6 Å². The average molecular weight is 527 g/mol. The minimum absolute atomic E-state index is 0.115. The topological polar surface area (TPSA) is 71.9 Å². The minimum Gasteiger partial charge on any atom is -0.543 e. The van der Waals surface area contributed by atoms with Crippen LogP contribution in [0.25, 0.3) is 0 Å². The Morgan fingerprint density at radius 2 is 1.62 bits per heavy atom. The van der Waals surface area contributed by atoms with Gasteiger partial charge >= 0.3 is 0 Å². The third-order valence-electron chi connectivity index (χ3n) is 8.35. The van der Waals surface area contributed by atoms with Crippen molar-refractivity contribution in [3.05, 3.63) is 52.7 Å². The number of Topliss-reactive ketones (excluding diaryl/α,β-unsaturated/α-hetero) is 1. The molecule has 3 rings (SSSR count). The molecule has 37 heavy (non-hydrogen) atoms. The molecular weight excluding hydrogens is 480 g/mol. The Hall–Kier alpha value is -2.22. The minimum atomic E-state index is -2.08. The highest BCUT2D eigenvalue weighted by Gasteiger charge is 2.47. The molecule has 0 spiro atoms. The summed E-state index contributed by atoms with van der Waals surface area (Å²) in [6, 6.07) is 7.73. The summed E-state index contributed by atoms with van der Waals surface area (Å²) in [5.41, 5.74) is 4.07. The summed E-state index contributed by atoms with van der Waals surface area (Å²) in [5.74, 6) is 1.57. The number of pyridine rings is 1. The van der Waals surface area contributed by atoms with E-state index in [4.69, 9.17) is 9.16 Å². The van der Waals surface area contributed by atoms with Gasteiger partial charge < -0.3 is 14.3 Å². The first-order valence-electron chi connectivity index (χ1n) is 13.6. The molecule has 1 N–H and O–H groups in total. The monoisotopic (exact) mass is 526 g/mol. The Bertz CT molecular complexity index is 1050. The van der Waals surface area contributed by atoms with E-state index in [1.54, 1.807) is 19.4 Å². The predicted octanol–water partition coefficient (Wildman–Crippen LogP) is 6.43. The van der Waals surface area contributed by atoms with Crippen molar-refractivity contribution >= 4 is 14.1 Å². The summed E-state index contributed by atoms with van der Waals surface area (Å²) in [7, 11) is -0.501. The molecule has 1 saturated heterocycles. The van der Waals surface area contributed by atoms with Crippen molar-refractivity contribution in [1.82, 2.24) is 9.88 Å². The maximum Gasteiger partial charge on any atom is 0.258 e. The van der Waals surface area contributed by atoms with Crippen LogP contribution in [-0.2, 0) is 5.60 Å². The summed E-state index contributed by atoms with van der Waals surface area (Å²) in [4.78, 5) is 19.7. The third kappa shape index (κ3) is 6.10. The van der Waals surface area contributed by atoms with Gasteiger partial charge in [-0.05, 0) is 72.6 Å². The fourth-order valence-electron chi connectivity index (χ4n) is 6.18. The van der Waals surface area contributed by atoms with Gasteiger partial charge in [-0.15, -0.1) is 0 Å².